The predicted molar refractivity (Wildman–Crippen MR) is 131 cm³/mol. The number of nitrogens with zero attached hydrogens (tertiary/aromatic N) is 5. The summed E-state index contributed by atoms with van der Waals surface area (Å²) < 4.78 is 6.01. The van der Waals surface area contributed by atoms with Crippen LogP contribution in [0.1, 0.15) is 37.8 Å². The number of ether oxygens (including phenoxy) is 1. The van der Waals surface area contributed by atoms with Crippen LogP contribution in [0.4, 0.5) is 11.4 Å². The summed E-state index contributed by atoms with van der Waals surface area (Å²) in [5.74, 6) is 0.464. The summed E-state index contributed by atoms with van der Waals surface area (Å²) in [6.07, 6.45) is 7.57. The van der Waals surface area contributed by atoms with E-state index in [1.54, 1.807) is 12.3 Å². The Kier molecular flexibility index (Phi) is 6.73. The smallest absolute Gasteiger partial charge is 0.259 e. The summed E-state index contributed by atoms with van der Waals surface area (Å²) in [7, 11) is 0. The molecule has 0 radical (unpaired) electrons. The van der Waals surface area contributed by atoms with Gasteiger partial charge in [-0.3, -0.25) is 9.69 Å². The lowest BCUT2D eigenvalue weighted by Crippen LogP contribution is -2.55. The second kappa shape index (κ2) is 9.39. The van der Waals surface area contributed by atoms with Gasteiger partial charge in [0.05, 0.1) is 28.8 Å². The van der Waals surface area contributed by atoms with Crippen molar-refractivity contribution in [2.75, 3.05) is 22.9 Å². The molecule has 3 fully saturated rings. The van der Waals surface area contributed by atoms with Crippen LogP contribution in [0.2, 0.25) is 5.02 Å². The van der Waals surface area contributed by atoms with Gasteiger partial charge in [0.25, 0.3) is 5.91 Å². The lowest BCUT2D eigenvalue weighted by molar-refractivity contribution is -0.123. The molecule has 33 heavy (non-hydrogen) atoms. The predicted octanol–water partition coefficient (Wildman–Crippen LogP) is 3.62. The van der Waals surface area contributed by atoms with E-state index in [-0.39, 0.29) is 35.1 Å². The SMILES string of the molecule is Cl.N#Cc1ncc(N2C(=O)C3(CCC3)N(c3ccc(OC4CCNCC4)nc3)C2=S)cc1Cl. The van der Waals surface area contributed by atoms with Gasteiger partial charge in [-0.05, 0) is 69.5 Å². The largest absolute Gasteiger partial charge is 0.474 e. The quantitative estimate of drug-likeness (QED) is 0.630. The summed E-state index contributed by atoms with van der Waals surface area (Å²) in [5, 5.41) is 12.9. The summed E-state index contributed by atoms with van der Waals surface area (Å²) in [4.78, 5) is 25.4. The van der Waals surface area contributed by atoms with Crippen LogP contribution < -0.4 is 19.9 Å². The highest BCUT2D eigenvalue weighted by Gasteiger charge is 2.59. The van der Waals surface area contributed by atoms with Crippen molar-refractivity contribution in [3.05, 3.63) is 41.3 Å². The molecule has 1 spiro atoms. The standard InChI is InChI=1S/C22H21ClN6O2S.ClH/c23-17-10-15(13-26-18(17)11-24)28-20(30)22(6-1-7-22)29(21(28)32)14-2-3-19(27-12-14)31-16-4-8-25-9-5-16;/h2-3,10,12-13,16,25H,1,4-9H2;1H. The number of halogens is 2. The molecule has 0 bridgehead atoms. The van der Waals surface area contributed by atoms with E-state index >= 15 is 0 Å². The zero-order chi connectivity index (χ0) is 22.3. The topological polar surface area (TPSA) is 94.4 Å². The second-order valence-corrected chi connectivity index (χ2v) is 8.97. The summed E-state index contributed by atoms with van der Waals surface area (Å²) in [6, 6.07) is 7.22. The molecule has 2 aromatic heterocycles. The van der Waals surface area contributed by atoms with Crippen LogP contribution in [-0.2, 0) is 4.79 Å². The maximum absolute atomic E-state index is 13.5. The first-order valence-corrected chi connectivity index (χ1v) is 11.4. The van der Waals surface area contributed by atoms with Crippen molar-refractivity contribution < 1.29 is 9.53 Å². The van der Waals surface area contributed by atoms with E-state index < -0.39 is 5.54 Å². The van der Waals surface area contributed by atoms with Crippen LogP contribution in [-0.4, -0.2) is 45.7 Å². The van der Waals surface area contributed by atoms with Crippen LogP contribution in [0, 0.1) is 11.3 Å². The molecule has 5 rings (SSSR count). The van der Waals surface area contributed by atoms with Gasteiger partial charge in [-0.15, -0.1) is 12.4 Å². The molecule has 0 atom stereocenters. The first kappa shape index (κ1) is 23.6. The Morgan fingerprint density at radius 3 is 2.52 bits per heavy atom. The molecule has 1 saturated carbocycles. The number of thiocarbonyl (C=S) groups is 1. The van der Waals surface area contributed by atoms with Gasteiger partial charge in [0.15, 0.2) is 10.8 Å². The Hall–Kier alpha value is -2.51. The molecule has 2 saturated heterocycles. The molecule has 0 aromatic carbocycles. The third kappa shape index (κ3) is 4.02. The number of piperidine rings is 1. The lowest BCUT2D eigenvalue weighted by Gasteiger charge is -2.42. The lowest BCUT2D eigenvalue weighted by atomic mass is 9.75. The van der Waals surface area contributed by atoms with Gasteiger partial charge in [0, 0.05) is 6.07 Å². The maximum atomic E-state index is 13.5. The monoisotopic (exact) mass is 504 g/mol. The molecule has 8 nitrogen and oxygen atoms in total. The minimum absolute atomic E-state index is 0. The molecule has 1 amide bonds. The van der Waals surface area contributed by atoms with Crippen LogP contribution in [0.25, 0.3) is 0 Å². The first-order valence-electron chi connectivity index (χ1n) is 10.6. The maximum Gasteiger partial charge on any atom is 0.259 e. The molecular formula is C22H22Cl2N6O2S. The Labute approximate surface area is 208 Å². The number of nitrogens with one attached hydrogen (secondary N) is 1. The van der Waals surface area contributed by atoms with Crippen molar-refractivity contribution in [1.29, 1.82) is 5.26 Å². The van der Waals surface area contributed by atoms with E-state index in [1.165, 1.54) is 11.1 Å². The number of nitriles is 1. The molecule has 11 heteroatoms. The van der Waals surface area contributed by atoms with Crippen LogP contribution in [0.5, 0.6) is 5.88 Å². The van der Waals surface area contributed by atoms with Gasteiger partial charge >= 0.3 is 0 Å². The number of rotatable bonds is 4. The summed E-state index contributed by atoms with van der Waals surface area (Å²) >= 11 is 11.9. The van der Waals surface area contributed by atoms with Crippen molar-refractivity contribution in [2.45, 2.75) is 43.7 Å². The average molecular weight is 505 g/mol. The average Bonchev–Trinajstić information content (AvgIpc) is 3.02. The third-order valence-corrected chi connectivity index (χ3v) is 6.99. The van der Waals surface area contributed by atoms with Crippen molar-refractivity contribution >= 4 is 58.6 Å². The van der Waals surface area contributed by atoms with Crippen molar-refractivity contribution in [3.63, 3.8) is 0 Å². The fraction of sp³-hybridized carbons (Fsp3) is 0.409. The number of carbonyl (C=O) groups is 1. The Bertz CT molecular complexity index is 1110. The van der Waals surface area contributed by atoms with E-state index in [2.05, 4.69) is 15.3 Å². The molecule has 2 aromatic rings. The molecule has 3 aliphatic rings. The normalized spacial score (nSPS) is 19.8. The molecule has 1 N–H and O–H groups in total. The number of anilines is 2. The zero-order valence-electron chi connectivity index (χ0n) is 17.7. The highest BCUT2D eigenvalue weighted by Crippen LogP contribution is 2.47. The van der Waals surface area contributed by atoms with E-state index in [9.17, 15) is 4.79 Å². The van der Waals surface area contributed by atoms with E-state index in [1.807, 2.05) is 23.1 Å². The molecule has 0 unspecified atom stereocenters. The summed E-state index contributed by atoms with van der Waals surface area (Å²) in [6.45, 7) is 1.89. The van der Waals surface area contributed by atoms with E-state index in [4.69, 9.17) is 33.8 Å². The minimum Gasteiger partial charge on any atom is -0.474 e. The van der Waals surface area contributed by atoms with Crippen LogP contribution in [0.3, 0.4) is 0 Å². The minimum atomic E-state index is -0.726. The Balaban J connectivity index is 0.00000259. The van der Waals surface area contributed by atoms with E-state index in [0.717, 1.165) is 38.0 Å². The fourth-order valence-electron chi connectivity index (χ4n) is 4.50. The second-order valence-electron chi connectivity index (χ2n) is 8.20. The molecular weight excluding hydrogens is 483 g/mol. The number of aromatic nitrogens is 2. The van der Waals surface area contributed by atoms with Crippen molar-refractivity contribution in [2.24, 2.45) is 0 Å². The highest BCUT2D eigenvalue weighted by atomic mass is 35.5. The molecule has 1 aliphatic carbocycles. The number of amides is 1. The molecule has 172 valence electrons. The van der Waals surface area contributed by atoms with Gasteiger partial charge < -0.3 is 15.0 Å². The number of carbonyl (C=O) groups excluding carboxylic acids is 1. The number of pyridine rings is 2. The first-order chi connectivity index (χ1) is 15.5. The molecule has 4 heterocycles. The van der Waals surface area contributed by atoms with Gasteiger partial charge in [-0.1, -0.05) is 11.6 Å². The Morgan fingerprint density at radius 2 is 1.94 bits per heavy atom. The van der Waals surface area contributed by atoms with E-state index in [0.29, 0.717) is 29.5 Å². The third-order valence-electron chi connectivity index (χ3n) is 6.34. The number of hydrogen-bond acceptors (Lipinski definition) is 7. The summed E-state index contributed by atoms with van der Waals surface area (Å²) in [5.41, 5.74) is 0.584. The Morgan fingerprint density at radius 1 is 1.21 bits per heavy atom. The number of hydrogen-bond donors (Lipinski definition) is 1. The van der Waals surface area contributed by atoms with Crippen LogP contribution >= 0.6 is 36.2 Å². The van der Waals surface area contributed by atoms with Gasteiger partial charge in [0.2, 0.25) is 5.88 Å². The van der Waals surface area contributed by atoms with Gasteiger partial charge in [0.1, 0.15) is 17.7 Å². The zero-order valence-corrected chi connectivity index (χ0v) is 20.0. The van der Waals surface area contributed by atoms with Crippen molar-refractivity contribution in [1.82, 2.24) is 15.3 Å². The van der Waals surface area contributed by atoms with Gasteiger partial charge in [-0.2, -0.15) is 5.26 Å². The van der Waals surface area contributed by atoms with Crippen LogP contribution in [0.15, 0.2) is 30.6 Å². The van der Waals surface area contributed by atoms with Gasteiger partial charge in [-0.25, -0.2) is 9.97 Å². The molecule has 2 aliphatic heterocycles. The highest BCUT2D eigenvalue weighted by molar-refractivity contribution is 7.81. The fourth-order valence-corrected chi connectivity index (χ4v) is 5.17. The van der Waals surface area contributed by atoms with Crippen molar-refractivity contribution in [3.8, 4) is 11.9 Å².